The van der Waals surface area contributed by atoms with E-state index in [-0.39, 0.29) is 17.1 Å². The van der Waals surface area contributed by atoms with Gasteiger partial charge < -0.3 is 0 Å². The Hall–Kier alpha value is -1.47. The Labute approximate surface area is 79.8 Å². The zero-order valence-corrected chi connectivity index (χ0v) is 7.74. The van der Waals surface area contributed by atoms with Crippen molar-refractivity contribution < 1.29 is 13.3 Å². The number of rotatable bonds is 1. The van der Waals surface area contributed by atoms with E-state index >= 15 is 0 Å². The van der Waals surface area contributed by atoms with E-state index in [4.69, 9.17) is 0 Å². The molecule has 0 fully saturated rings. The van der Waals surface area contributed by atoms with Crippen LogP contribution in [-0.2, 0) is 16.6 Å². The number of fused-ring (bicyclic) bond motifs is 1. The van der Waals surface area contributed by atoms with Crippen molar-refractivity contribution in [2.24, 2.45) is 0 Å². The van der Waals surface area contributed by atoms with Gasteiger partial charge in [0, 0.05) is 12.6 Å². The molecule has 0 atom stereocenters. The van der Waals surface area contributed by atoms with Crippen molar-refractivity contribution in [2.75, 3.05) is 0 Å². The molecular formula is C7H6N2O4S. The topological polar surface area (TPSA) is 89.3 Å². The average Bonchev–Trinajstić information content (AvgIpc) is 2.43. The summed E-state index contributed by atoms with van der Waals surface area (Å²) in [7, 11) is -3.67. The van der Waals surface area contributed by atoms with E-state index in [1.807, 2.05) is 0 Å². The highest BCUT2D eigenvalue weighted by Crippen LogP contribution is 2.30. The number of nitrogens with zero attached hydrogens (tertiary/aromatic N) is 1. The molecule has 1 N–H and O–H groups in total. The molecule has 0 saturated carbocycles. The molecule has 0 amide bonds. The first-order valence-electron chi connectivity index (χ1n) is 3.78. The van der Waals surface area contributed by atoms with Gasteiger partial charge in [0.1, 0.15) is 0 Å². The third-order valence-electron chi connectivity index (χ3n) is 1.99. The van der Waals surface area contributed by atoms with Crippen LogP contribution >= 0.6 is 0 Å². The number of nitro benzene ring substituents is 1. The minimum absolute atomic E-state index is 0.124. The van der Waals surface area contributed by atoms with E-state index < -0.39 is 14.9 Å². The fraction of sp³-hybridized carbons (Fsp3) is 0.143. The Morgan fingerprint density at radius 1 is 1.43 bits per heavy atom. The molecule has 2 rings (SSSR count). The Morgan fingerprint density at radius 3 is 2.79 bits per heavy atom. The van der Waals surface area contributed by atoms with Gasteiger partial charge in [-0.05, 0) is 5.56 Å². The Balaban J connectivity index is 2.79. The molecule has 14 heavy (non-hydrogen) atoms. The van der Waals surface area contributed by atoms with Gasteiger partial charge in [-0.1, -0.05) is 12.1 Å². The molecule has 1 heterocycles. The fourth-order valence-corrected chi connectivity index (χ4v) is 2.80. The van der Waals surface area contributed by atoms with Gasteiger partial charge in [0.05, 0.1) is 4.92 Å². The molecule has 0 aromatic heterocycles. The second kappa shape index (κ2) is 2.76. The zero-order valence-electron chi connectivity index (χ0n) is 6.93. The number of sulfonamides is 1. The summed E-state index contributed by atoms with van der Waals surface area (Å²) in [4.78, 5) is 9.67. The maximum atomic E-state index is 11.4. The number of hydrogen-bond acceptors (Lipinski definition) is 4. The lowest BCUT2D eigenvalue weighted by atomic mass is 10.2. The molecule has 0 unspecified atom stereocenters. The van der Waals surface area contributed by atoms with E-state index in [0.717, 1.165) is 0 Å². The predicted octanol–water partition coefficient (Wildman–Crippen LogP) is 0.387. The number of nitro groups is 1. The maximum absolute atomic E-state index is 11.4. The zero-order chi connectivity index (χ0) is 10.3. The van der Waals surface area contributed by atoms with Gasteiger partial charge >= 0.3 is 0 Å². The second-order valence-electron chi connectivity index (χ2n) is 2.85. The van der Waals surface area contributed by atoms with Gasteiger partial charge in [-0.25, -0.2) is 13.1 Å². The minimum Gasteiger partial charge on any atom is -0.258 e. The molecular weight excluding hydrogens is 208 g/mol. The van der Waals surface area contributed by atoms with Crippen LogP contribution < -0.4 is 4.72 Å². The SMILES string of the molecule is O=[N+]([O-])c1cccc2c1S(=O)(=O)NC2. The molecule has 1 aliphatic heterocycles. The smallest absolute Gasteiger partial charge is 0.258 e. The summed E-state index contributed by atoms with van der Waals surface area (Å²) < 4.78 is 24.9. The summed E-state index contributed by atoms with van der Waals surface area (Å²) in [6.07, 6.45) is 0. The van der Waals surface area contributed by atoms with E-state index in [1.165, 1.54) is 12.1 Å². The summed E-state index contributed by atoms with van der Waals surface area (Å²) in [6.45, 7) is 0.124. The largest absolute Gasteiger partial charge is 0.289 e. The van der Waals surface area contributed by atoms with E-state index in [2.05, 4.69) is 4.72 Å². The Morgan fingerprint density at radius 2 is 2.14 bits per heavy atom. The molecule has 0 saturated heterocycles. The summed E-state index contributed by atoms with van der Waals surface area (Å²) >= 11 is 0. The van der Waals surface area contributed by atoms with E-state index in [9.17, 15) is 18.5 Å². The standard InChI is InChI=1S/C7H6N2O4S/c10-9(11)6-3-1-2-5-4-8-14(12,13)7(5)6/h1-3,8H,4H2. The molecule has 0 spiro atoms. The maximum Gasteiger partial charge on any atom is 0.289 e. The van der Waals surface area contributed by atoms with Crippen molar-refractivity contribution in [2.45, 2.75) is 11.4 Å². The molecule has 0 radical (unpaired) electrons. The Kier molecular flexibility index (Phi) is 1.79. The lowest BCUT2D eigenvalue weighted by Gasteiger charge is -1.97. The number of nitrogens with one attached hydrogen (secondary N) is 1. The fourth-order valence-electron chi connectivity index (χ4n) is 1.41. The Bertz CT molecular complexity index is 508. The third kappa shape index (κ3) is 1.17. The van der Waals surface area contributed by atoms with Gasteiger partial charge in [0.15, 0.2) is 4.90 Å². The highest BCUT2D eigenvalue weighted by molar-refractivity contribution is 7.90. The van der Waals surface area contributed by atoms with Crippen LogP contribution in [-0.4, -0.2) is 13.3 Å². The highest BCUT2D eigenvalue weighted by Gasteiger charge is 2.33. The van der Waals surface area contributed by atoms with Crippen molar-refractivity contribution in [1.29, 1.82) is 0 Å². The molecule has 1 aromatic carbocycles. The van der Waals surface area contributed by atoms with Gasteiger partial charge in [0.25, 0.3) is 5.69 Å². The van der Waals surface area contributed by atoms with Crippen molar-refractivity contribution in [1.82, 2.24) is 4.72 Å². The van der Waals surface area contributed by atoms with Crippen molar-refractivity contribution in [3.05, 3.63) is 33.9 Å². The van der Waals surface area contributed by atoms with Gasteiger partial charge in [0.2, 0.25) is 10.0 Å². The van der Waals surface area contributed by atoms with Crippen molar-refractivity contribution in [3.63, 3.8) is 0 Å². The number of hydrogen-bond donors (Lipinski definition) is 1. The average molecular weight is 214 g/mol. The molecule has 0 bridgehead atoms. The van der Waals surface area contributed by atoms with Crippen LogP contribution in [0.25, 0.3) is 0 Å². The first-order valence-corrected chi connectivity index (χ1v) is 5.26. The number of benzene rings is 1. The highest BCUT2D eigenvalue weighted by atomic mass is 32.2. The third-order valence-corrected chi connectivity index (χ3v) is 3.53. The molecule has 1 aromatic rings. The van der Waals surface area contributed by atoms with Crippen LogP contribution in [0, 0.1) is 10.1 Å². The normalized spacial score (nSPS) is 17.7. The molecule has 6 nitrogen and oxygen atoms in total. The lowest BCUT2D eigenvalue weighted by molar-refractivity contribution is -0.387. The van der Waals surface area contributed by atoms with Crippen LogP contribution in [0.5, 0.6) is 0 Å². The first kappa shape index (κ1) is 9.10. The van der Waals surface area contributed by atoms with Crippen LogP contribution in [0.4, 0.5) is 5.69 Å². The molecule has 1 aliphatic rings. The van der Waals surface area contributed by atoms with Crippen LogP contribution in [0.1, 0.15) is 5.56 Å². The van der Waals surface area contributed by atoms with E-state index in [1.54, 1.807) is 6.07 Å². The first-order chi connectivity index (χ1) is 6.52. The van der Waals surface area contributed by atoms with Gasteiger partial charge in [-0.2, -0.15) is 0 Å². The molecule has 74 valence electrons. The van der Waals surface area contributed by atoms with Crippen molar-refractivity contribution >= 4 is 15.7 Å². The van der Waals surface area contributed by atoms with Crippen LogP contribution in [0.2, 0.25) is 0 Å². The van der Waals surface area contributed by atoms with Gasteiger partial charge in [-0.3, -0.25) is 10.1 Å². The van der Waals surface area contributed by atoms with Crippen LogP contribution in [0.15, 0.2) is 23.1 Å². The second-order valence-corrected chi connectivity index (χ2v) is 4.55. The molecule has 7 heteroatoms. The summed E-state index contributed by atoms with van der Waals surface area (Å²) in [5, 5.41) is 10.6. The van der Waals surface area contributed by atoms with Gasteiger partial charge in [-0.15, -0.1) is 0 Å². The summed E-state index contributed by atoms with van der Waals surface area (Å²) in [5.41, 5.74) is 0.0756. The van der Waals surface area contributed by atoms with Crippen LogP contribution in [0.3, 0.4) is 0 Å². The quantitative estimate of drug-likeness (QED) is 0.540. The summed E-state index contributed by atoms with van der Waals surface area (Å²) in [5.74, 6) is 0. The molecule has 0 aliphatic carbocycles. The summed E-state index contributed by atoms with van der Waals surface area (Å²) in [6, 6.07) is 4.21. The van der Waals surface area contributed by atoms with E-state index in [0.29, 0.717) is 5.56 Å². The minimum atomic E-state index is -3.67. The predicted molar refractivity (Wildman–Crippen MR) is 47.1 cm³/mol. The monoisotopic (exact) mass is 214 g/mol. The van der Waals surface area contributed by atoms with Crippen molar-refractivity contribution in [3.8, 4) is 0 Å². The lowest BCUT2D eigenvalue weighted by Crippen LogP contribution is -2.14.